The average molecular weight is 519 g/mol. The van der Waals surface area contributed by atoms with Gasteiger partial charge in [0.25, 0.3) is 0 Å². The molecule has 3 rings (SSSR count). The van der Waals surface area contributed by atoms with Crippen LogP contribution in [0.1, 0.15) is 112 Å². The number of allylic oxidation sites excluding steroid dienone is 3. The molecule has 3 aliphatic rings. The third-order valence-electron chi connectivity index (χ3n) is 9.86. The molecule has 1 unspecified atom stereocenters. The van der Waals surface area contributed by atoms with Gasteiger partial charge >= 0.3 is 0 Å². The van der Waals surface area contributed by atoms with Gasteiger partial charge < -0.3 is 25.5 Å². The summed E-state index contributed by atoms with van der Waals surface area (Å²) in [6.45, 7) is 13.7. The van der Waals surface area contributed by atoms with Gasteiger partial charge in [0.05, 0.1) is 29.5 Å². The Labute approximate surface area is 225 Å². The summed E-state index contributed by atoms with van der Waals surface area (Å²) in [6.07, 6.45) is 13.4. The Morgan fingerprint density at radius 3 is 2.41 bits per heavy atom. The van der Waals surface area contributed by atoms with E-state index in [9.17, 15) is 25.5 Å². The van der Waals surface area contributed by atoms with Crippen molar-refractivity contribution in [2.45, 2.75) is 141 Å². The molecule has 0 aliphatic heterocycles. The van der Waals surface area contributed by atoms with E-state index >= 15 is 0 Å². The molecule has 7 atom stereocenters. The van der Waals surface area contributed by atoms with E-state index in [1.165, 1.54) is 24.8 Å². The monoisotopic (exact) mass is 518 g/mol. The van der Waals surface area contributed by atoms with Crippen LogP contribution in [0.2, 0.25) is 0 Å². The van der Waals surface area contributed by atoms with Crippen molar-refractivity contribution >= 4 is 0 Å². The molecule has 3 fully saturated rings. The predicted octanol–water partition coefficient (Wildman–Crippen LogP) is 5.60. The molecule has 0 amide bonds. The molecule has 5 heteroatoms. The summed E-state index contributed by atoms with van der Waals surface area (Å²) < 4.78 is 0. The molecule has 0 spiro atoms. The Bertz CT molecular complexity index is 844. The van der Waals surface area contributed by atoms with Crippen molar-refractivity contribution in [1.82, 2.24) is 0 Å². The Hall–Kier alpha value is -0.980. The van der Waals surface area contributed by atoms with Gasteiger partial charge in [0.2, 0.25) is 0 Å². The highest BCUT2D eigenvalue weighted by Crippen LogP contribution is 2.60. The standard InChI is InChI=1S/C32H54O5/c1-21-24(19-25(33)20-28(21)34)12-11-22-10-8-18-32(6)26(22)14-15-27(32)23(9-7-17-30(2,3)36)13-16-29(35)31(4,5)37/h11-12,23,25-29,33-37H,1,7-10,13-20H2,2-6H3/t23-,25-,26?,27-,28+,29-,32+/m1/s1. The molecule has 212 valence electrons. The molecule has 37 heavy (non-hydrogen) atoms. The Kier molecular flexibility index (Phi) is 9.94. The molecule has 0 aromatic rings. The lowest BCUT2D eigenvalue weighted by atomic mass is 9.60. The summed E-state index contributed by atoms with van der Waals surface area (Å²) in [5.41, 5.74) is 1.62. The van der Waals surface area contributed by atoms with Crippen molar-refractivity contribution in [1.29, 1.82) is 0 Å². The molecule has 0 heterocycles. The van der Waals surface area contributed by atoms with Gasteiger partial charge in [0.15, 0.2) is 0 Å². The van der Waals surface area contributed by atoms with Gasteiger partial charge in [0.1, 0.15) is 0 Å². The topological polar surface area (TPSA) is 101 Å². The predicted molar refractivity (Wildman–Crippen MR) is 150 cm³/mol. The molecule has 0 saturated heterocycles. The molecular formula is C32H54O5. The summed E-state index contributed by atoms with van der Waals surface area (Å²) in [5, 5.41) is 51.5. The van der Waals surface area contributed by atoms with E-state index in [-0.39, 0.29) is 5.41 Å². The van der Waals surface area contributed by atoms with E-state index in [0.29, 0.717) is 37.0 Å². The number of hydrogen-bond donors (Lipinski definition) is 5. The number of rotatable bonds is 10. The summed E-state index contributed by atoms with van der Waals surface area (Å²) in [5.74, 6) is 1.53. The summed E-state index contributed by atoms with van der Waals surface area (Å²) >= 11 is 0. The summed E-state index contributed by atoms with van der Waals surface area (Å²) in [7, 11) is 0. The fraction of sp³-hybridized carbons (Fsp3) is 0.812. The van der Waals surface area contributed by atoms with E-state index in [0.717, 1.165) is 49.7 Å². The quantitative estimate of drug-likeness (QED) is 0.259. The van der Waals surface area contributed by atoms with Crippen LogP contribution in [0.4, 0.5) is 0 Å². The number of hydrogen-bond acceptors (Lipinski definition) is 5. The molecule has 0 aromatic carbocycles. The summed E-state index contributed by atoms with van der Waals surface area (Å²) in [4.78, 5) is 0. The molecule has 0 aromatic heterocycles. The fourth-order valence-electron chi connectivity index (χ4n) is 7.59. The molecule has 3 aliphatic carbocycles. The molecule has 3 saturated carbocycles. The second kappa shape index (κ2) is 12.0. The Balaban J connectivity index is 1.79. The first-order valence-electron chi connectivity index (χ1n) is 14.7. The van der Waals surface area contributed by atoms with Gasteiger partial charge in [-0.2, -0.15) is 0 Å². The van der Waals surface area contributed by atoms with Crippen molar-refractivity contribution in [3.05, 3.63) is 35.5 Å². The Morgan fingerprint density at radius 2 is 1.76 bits per heavy atom. The van der Waals surface area contributed by atoms with Crippen LogP contribution in [0.25, 0.3) is 0 Å². The molecule has 5 N–H and O–H groups in total. The fourth-order valence-corrected chi connectivity index (χ4v) is 7.59. The third kappa shape index (κ3) is 7.79. The highest BCUT2D eigenvalue weighted by molar-refractivity contribution is 5.38. The van der Waals surface area contributed by atoms with Crippen LogP contribution in [-0.4, -0.2) is 55.0 Å². The summed E-state index contributed by atoms with van der Waals surface area (Å²) in [6, 6.07) is 0. The zero-order valence-corrected chi connectivity index (χ0v) is 24.0. The first kappa shape index (κ1) is 30.6. The maximum atomic E-state index is 10.6. The number of fused-ring (bicyclic) bond motifs is 1. The lowest BCUT2D eigenvalue weighted by molar-refractivity contribution is -0.0563. The van der Waals surface area contributed by atoms with Crippen molar-refractivity contribution in [2.75, 3.05) is 0 Å². The highest BCUT2D eigenvalue weighted by atomic mass is 16.3. The SMILES string of the molecule is C=C1C(=CC=C2CCC[C@@]3(C)C2CC[C@@H]3[C@H](CCCC(C)(C)O)CC[C@@H](O)C(C)(C)O)C[C@@H](O)C[C@@H]1O. The van der Waals surface area contributed by atoms with Gasteiger partial charge in [-0.25, -0.2) is 0 Å². The van der Waals surface area contributed by atoms with Gasteiger partial charge in [0, 0.05) is 6.42 Å². The van der Waals surface area contributed by atoms with Gasteiger partial charge in [-0.3, -0.25) is 0 Å². The van der Waals surface area contributed by atoms with Crippen LogP contribution in [0.3, 0.4) is 0 Å². The van der Waals surface area contributed by atoms with Crippen LogP contribution in [-0.2, 0) is 0 Å². The second-order valence-electron chi connectivity index (χ2n) is 13.9. The van der Waals surface area contributed by atoms with E-state index in [4.69, 9.17) is 0 Å². The van der Waals surface area contributed by atoms with E-state index < -0.39 is 29.5 Å². The smallest absolute Gasteiger partial charge is 0.0849 e. The van der Waals surface area contributed by atoms with Crippen LogP contribution >= 0.6 is 0 Å². The van der Waals surface area contributed by atoms with Gasteiger partial charge in [-0.05, 0) is 120 Å². The number of aliphatic hydroxyl groups is 5. The lowest BCUT2D eigenvalue weighted by Crippen LogP contribution is -2.39. The minimum absolute atomic E-state index is 0.199. The third-order valence-corrected chi connectivity index (χ3v) is 9.86. The lowest BCUT2D eigenvalue weighted by Gasteiger charge is -2.45. The zero-order valence-electron chi connectivity index (χ0n) is 24.0. The second-order valence-corrected chi connectivity index (χ2v) is 13.9. The van der Waals surface area contributed by atoms with E-state index in [1.54, 1.807) is 13.8 Å². The van der Waals surface area contributed by atoms with Crippen molar-refractivity contribution in [3.8, 4) is 0 Å². The molecule has 5 nitrogen and oxygen atoms in total. The molecular weight excluding hydrogens is 464 g/mol. The zero-order chi connectivity index (χ0) is 27.6. The normalized spacial score (nSPS) is 35.1. The van der Waals surface area contributed by atoms with Crippen molar-refractivity contribution < 1.29 is 25.5 Å². The van der Waals surface area contributed by atoms with Crippen molar-refractivity contribution in [2.24, 2.45) is 23.2 Å². The Morgan fingerprint density at radius 1 is 1.05 bits per heavy atom. The van der Waals surface area contributed by atoms with Crippen LogP contribution in [0, 0.1) is 23.2 Å². The van der Waals surface area contributed by atoms with Crippen molar-refractivity contribution in [3.63, 3.8) is 0 Å². The number of aliphatic hydroxyl groups excluding tert-OH is 3. The van der Waals surface area contributed by atoms with Crippen LogP contribution < -0.4 is 0 Å². The first-order valence-corrected chi connectivity index (χ1v) is 14.7. The maximum absolute atomic E-state index is 10.6. The largest absolute Gasteiger partial charge is 0.393 e. The van der Waals surface area contributed by atoms with Gasteiger partial charge in [-0.15, -0.1) is 0 Å². The van der Waals surface area contributed by atoms with Crippen LogP contribution in [0.5, 0.6) is 0 Å². The van der Waals surface area contributed by atoms with E-state index in [2.05, 4.69) is 25.7 Å². The minimum atomic E-state index is -1.10. The highest BCUT2D eigenvalue weighted by Gasteiger charge is 2.51. The van der Waals surface area contributed by atoms with E-state index in [1.807, 2.05) is 13.8 Å². The average Bonchev–Trinajstić information content (AvgIpc) is 3.13. The minimum Gasteiger partial charge on any atom is -0.393 e. The van der Waals surface area contributed by atoms with Gasteiger partial charge in [-0.1, -0.05) is 44.1 Å². The molecule has 0 radical (unpaired) electrons. The molecule has 0 bridgehead atoms. The van der Waals surface area contributed by atoms with Crippen LogP contribution in [0.15, 0.2) is 35.5 Å². The maximum Gasteiger partial charge on any atom is 0.0849 e. The first-order chi connectivity index (χ1) is 17.1.